The monoisotopic (exact) mass is 1120 g/mol. The molecule has 0 bridgehead atoms. The molecule has 10 rings (SSSR count). The zero-order valence-corrected chi connectivity index (χ0v) is 46.1. The number of halogens is 5. The molecule has 81 heavy (non-hydrogen) atoms. The van der Waals surface area contributed by atoms with Gasteiger partial charge in [0.05, 0.1) is 52.9 Å². The number of aliphatic hydroxyl groups is 3. The Hall–Kier alpha value is -7.04. The van der Waals surface area contributed by atoms with Gasteiger partial charge < -0.3 is 48.5 Å². The molecule has 2 radical (unpaired) electrons. The fourth-order valence-corrected chi connectivity index (χ4v) is 9.63. The smallest absolute Gasteiger partial charge is 0.399 e. The molecule has 0 unspecified atom stereocenters. The Bertz CT molecular complexity index is 3110. The van der Waals surface area contributed by atoms with E-state index in [9.17, 15) is 24.1 Å². The van der Waals surface area contributed by atoms with E-state index in [0.717, 1.165) is 110 Å². The normalized spacial score (nSPS) is 17.1. The second kappa shape index (κ2) is 24.6. The van der Waals surface area contributed by atoms with Crippen LogP contribution in [0.5, 0.6) is 0 Å². The zero-order valence-electron chi connectivity index (χ0n) is 46.1. The third-order valence-electron chi connectivity index (χ3n) is 15.2. The van der Waals surface area contributed by atoms with Gasteiger partial charge in [-0.1, -0.05) is 37.8 Å². The van der Waals surface area contributed by atoms with Gasteiger partial charge in [0, 0.05) is 87.1 Å². The molecule has 3 aliphatic heterocycles. The molecule has 0 spiro atoms. The van der Waals surface area contributed by atoms with Crippen molar-refractivity contribution in [2.45, 2.75) is 103 Å². The maximum Gasteiger partial charge on any atom is 0.494 e. The largest absolute Gasteiger partial charge is 0.494 e. The first-order chi connectivity index (χ1) is 37.8. The van der Waals surface area contributed by atoms with Crippen molar-refractivity contribution in [3.05, 3.63) is 162 Å². The first kappa shape index (κ1) is 61.6. The van der Waals surface area contributed by atoms with Gasteiger partial charge in [-0.3, -0.25) is 15.0 Å². The predicted molar refractivity (Wildman–Crippen MR) is 305 cm³/mol. The molecule has 3 fully saturated rings. The SMILES string of the molecule is C.CC(C)(O)c1ccc(N2CCN(c3ccc(-c4ccc(C(F)(F)[C@](O)(Cn5cnnn5)c5ccc(F)cc5F)nc4)cc3)CC2)cn1.CC(C)(O)c1ccc(N2CCN(c3ccc(B4OC(C)(C)C(C)(C)O4)cc3)CC2)cn1.[B]F. The molecule has 7 heterocycles. The summed E-state index contributed by atoms with van der Waals surface area (Å²) in [5.74, 6) is -6.48. The Morgan fingerprint density at radius 2 is 0.988 bits per heavy atom. The number of tetrazole rings is 1. The van der Waals surface area contributed by atoms with Crippen molar-refractivity contribution in [1.29, 1.82) is 0 Å². The van der Waals surface area contributed by atoms with Crippen molar-refractivity contribution in [2.24, 2.45) is 0 Å². The number of nitrogens with zero attached hydrogens (tertiary/aromatic N) is 11. The van der Waals surface area contributed by atoms with Crippen molar-refractivity contribution in [3.8, 4) is 11.1 Å². The quantitative estimate of drug-likeness (QED) is 0.0744. The summed E-state index contributed by atoms with van der Waals surface area (Å²) < 4.78 is 82.7. The highest BCUT2D eigenvalue weighted by atomic mass is 19.3. The van der Waals surface area contributed by atoms with Gasteiger partial charge in [-0.2, -0.15) is 8.78 Å². The molecular weight excluding hydrogens is 1050 g/mol. The Labute approximate surface area is 472 Å². The molecule has 428 valence electrons. The number of pyridine rings is 3. The van der Waals surface area contributed by atoms with Crippen molar-refractivity contribution in [3.63, 3.8) is 0 Å². The van der Waals surface area contributed by atoms with Crippen LogP contribution in [0.25, 0.3) is 11.1 Å². The van der Waals surface area contributed by atoms with Crippen LogP contribution in [0.15, 0.2) is 128 Å². The molecule has 1 atom stereocenters. The van der Waals surface area contributed by atoms with Gasteiger partial charge in [-0.05, 0) is 144 Å². The minimum Gasteiger partial charge on any atom is -0.399 e. The first-order valence-electron chi connectivity index (χ1n) is 26.2. The van der Waals surface area contributed by atoms with Crippen LogP contribution in [0.3, 0.4) is 0 Å². The number of aromatic nitrogens is 7. The summed E-state index contributed by atoms with van der Waals surface area (Å²) in [4.78, 5) is 22.0. The molecule has 3 saturated heterocycles. The summed E-state index contributed by atoms with van der Waals surface area (Å²) in [6.45, 7) is 21.2. The highest BCUT2D eigenvalue weighted by molar-refractivity contribution is 6.62. The maximum absolute atomic E-state index is 16.1. The molecule has 4 aromatic heterocycles. The average Bonchev–Trinajstić information content (AvgIpc) is 3.78. The topological polar surface area (TPSA) is 174 Å². The molecule has 3 N–H and O–H groups in total. The fraction of sp³-hybridized carbons (Fsp3) is 0.414. The van der Waals surface area contributed by atoms with Crippen LogP contribution >= 0.6 is 0 Å². The maximum atomic E-state index is 16.1. The van der Waals surface area contributed by atoms with E-state index in [0.29, 0.717) is 23.0 Å². The van der Waals surface area contributed by atoms with Gasteiger partial charge in [-0.25, -0.2) is 13.5 Å². The average molecular weight is 1120 g/mol. The lowest BCUT2D eigenvalue weighted by atomic mass is 9.79. The second-order valence-electron chi connectivity index (χ2n) is 22.1. The van der Waals surface area contributed by atoms with E-state index < -0.39 is 52.2 Å². The zero-order chi connectivity index (χ0) is 57.8. The third-order valence-corrected chi connectivity index (χ3v) is 15.2. The standard InChI is InChI=1S/C33H32F4N8O2.C24H34BN3O3.CH4.BF/c1-31(2,46)29-12-9-26(19-39-29)44-15-13-43(14-16-44)25-7-3-22(4-8-25)23-5-11-30(38-18-23)33(36,37)32(47,20-45-21-40-41-42-45)27-10-6-24(34)17-28(27)35;1-22(2,29)21-12-11-20(17-26-21)28-15-13-27(14-16-28)19-9-7-18(8-10-19)25-30-23(3,4)24(5,6)31-25;;1-2/h3-12,17-19,21,46-47H,13-16,20H2,1-2H3;7-12,17,29H,13-16H2,1-6H3;1H4;/t32-;;;/m0.../s1. The number of hydrogen-bond donors (Lipinski definition) is 3. The second-order valence-corrected chi connectivity index (χ2v) is 22.1. The Balaban J connectivity index is 0.000000242. The van der Waals surface area contributed by atoms with Crippen molar-refractivity contribution < 1.29 is 46.5 Å². The van der Waals surface area contributed by atoms with Crippen LogP contribution in [0.1, 0.15) is 85.5 Å². The van der Waals surface area contributed by atoms with Crippen molar-refractivity contribution in [2.75, 3.05) is 72.0 Å². The molecule has 0 amide bonds. The van der Waals surface area contributed by atoms with Crippen LogP contribution < -0.4 is 25.1 Å². The minimum atomic E-state index is -4.14. The lowest BCUT2D eigenvalue weighted by Crippen LogP contribution is -2.48. The van der Waals surface area contributed by atoms with Gasteiger partial charge in [0.25, 0.3) is 0 Å². The molecule has 0 aliphatic carbocycles. The van der Waals surface area contributed by atoms with E-state index in [-0.39, 0.29) is 25.7 Å². The molecule has 16 nitrogen and oxygen atoms in total. The molecule has 7 aromatic rings. The summed E-state index contributed by atoms with van der Waals surface area (Å²) in [5.41, 5.74) is 0.542. The Morgan fingerprint density at radius 1 is 0.568 bits per heavy atom. The number of benzene rings is 3. The predicted octanol–water partition coefficient (Wildman–Crippen LogP) is 8.25. The molecular formula is C58H70B2F5N11O5. The van der Waals surface area contributed by atoms with Gasteiger partial charge in [0.2, 0.25) is 0 Å². The van der Waals surface area contributed by atoms with E-state index in [1.165, 1.54) is 18.0 Å². The van der Waals surface area contributed by atoms with Gasteiger partial charge >= 0.3 is 21.2 Å². The number of rotatable bonds is 13. The van der Waals surface area contributed by atoms with Crippen LogP contribution in [-0.2, 0) is 38.6 Å². The Kier molecular flexibility index (Phi) is 18.7. The van der Waals surface area contributed by atoms with Crippen molar-refractivity contribution in [1.82, 2.24) is 35.2 Å². The van der Waals surface area contributed by atoms with Crippen LogP contribution in [0, 0.1) is 11.6 Å². The molecule has 3 aromatic carbocycles. The van der Waals surface area contributed by atoms with E-state index in [2.05, 4.69) is 116 Å². The van der Waals surface area contributed by atoms with E-state index >= 15 is 8.78 Å². The summed E-state index contributed by atoms with van der Waals surface area (Å²) in [5, 5.41) is 41.9. The lowest BCUT2D eigenvalue weighted by molar-refractivity contribution is -0.207. The highest BCUT2D eigenvalue weighted by Gasteiger charge is 2.58. The van der Waals surface area contributed by atoms with Crippen LogP contribution in [-0.4, -0.2) is 129 Å². The molecule has 23 heteroatoms. The third kappa shape index (κ3) is 13.7. The number of anilines is 4. The van der Waals surface area contributed by atoms with E-state index in [1.807, 2.05) is 48.7 Å². The number of piperazine rings is 2. The van der Waals surface area contributed by atoms with E-state index in [4.69, 9.17) is 13.6 Å². The van der Waals surface area contributed by atoms with Gasteiger partial charge in [-0.15, -0.1) is 5.10 Å². The van der Waals surface area contributed by atoms with E-state index in [1.54, 1.807) is 33.9 Å². The lowest BCUT2D eigenvalue weighted by Gasteiger charge is -2.37. The minimum absolute atomic E-state index is 0. The number of alkyl halides is 2. The van der Waals surface area contributed by atoms with Crippen molar-refractivity contribution >= 4 is 43.5 Å². The highest BCUT2D eigenvalue weighted by Crippen LogP contribution is 2.47. The summed E-state index contributed by atoms with van der Waals surface area (Å²) in [6.07, 6.45) is 5.90. The summed E-state index contributed by atoms with van der Waals surface area (Å²) >= 11 is 0. The molecule has 0 saturated carbocycles. The first-order valence-corrected chi connectivity index (χ1v) is 26.2. The van der Waals surface area contributed by atoms with Gasteiger partial charge in [0.15, 0.2) is 5.60 Å². The van der Waals surface area contributed by atoms with Crippen LogP contribution in [0.2, 0.25) is 0 Å². The summed E-state index contributed by atoms with van der Waals surface area (Å²) in [6, 6.07) is 28.5. The fourth-order valence-electron chi connectivity index (χ4n) is 9.63. The molecule has 3 aliphatic rings. The van der Waals surface area contributed by atoms with Gasteiger partial charge in [0.1, 0.15) is 34.9 Å². The number of hydrogen-bond acceptors (Lipinski definition) is 15. The Morgan fingerprint density at radius 3 is 1.38 bits per heavy atom. The summed E-state index contributed by atoms with van der Waals surface area (Å²) in [7, 11) is 2.68. The van der Waals surface area contributed by atoms with Crippen LogP contribution in [0.4, 0.5) is 44.6 Å².